The molecule has 130 valence electrons. The number of para-hydroxylation sites is 1. The van der Waals surface area contributed by atoms with Crippen molar-refractivity contribution in [3.05, 3.63) is 54.5 Å². The molecule has 0 aliphatic rings. The Hall–Kier alpha value is -2.71. The highest BCUT2D eigenvalue weighted by Gasteiger charge is 2.26. The number of pyridine rings is 1. The average Bonchev–Trinajstić information content (AvgIpc) is 2.56. The second-order valence-electron chi connectivity index (χ2n) is 5.65. The van der Waals surface area contributed by atoms with E-state index in [2.05, 4.69) is 9.71 Å². The molecule has 8 heteroatoms. The number of anilines is 2. The van der Waals surface area contributed by atoms with Gasteiger partial charge in [0, 0.05) is 14.1 Å². The van der Waals surface area contributed by atoms with E-state index in [1.54, 1.807) is 25.1 Å². The zero-order chi connectivity index (χ0) is 18.2. The van der Waals surface area contributed by atoms with Crippen molar-refractivity contribution in [3.8, 4) is 5.75 Å². The van der Waals surface area contributed by atoms with Crippen LogP contribution in [0.5, 0.6) is 5.75 Å². The van der Waals surface area contributed by atoms with Crippen LogP contribution in [0.4, 0.5) is 15.8 Å². The first-order valence-electron chi connectivity index (χ1n) is 7.36. The molecule has 3 rings (SSSR count). The number of sulfonamides is 1. The van der Waals surface area contributed by atoms with Gasteiger partial charge >= 0.3 is 0 Å². The SMILES string of the molecule is CN(C)c1cnc2c(O)ccc([S+](=O)([O-])Nc3ccccc3F)c2c1. The summed E-state index contributed by atoms with van der Waals surface area (Å²) in [5, 5.41) is 10.2. The first-order valence-corrected chi connectivity index (χ1v) is 8.84. The predicted molar refractivity (Wildman–Crippen MR) is 94.9 cm³/mol. The quantitative estimate of drug-likeness (QED) is 0.697. The van der Waals surface area contributed by atoms with Gasteiger partial charge in [-0.3, -0.25) is 0 Å². The van der Waals surface area contributed by atoms with Crippen molar-refractivity contribution in [3.63, 3.8) is 0 Å². The molecule has 6 nitrogen and oxygen atoms in total. The zero-order valence-corrected chi connectivity index (χ0v) is 14.4. The third kappa shape index (κ3) is 3.26. The van der Waals surface area contributed by atoms with E-state index in [0.717, 1.165) is 0 Å². The van der Waals surface area contributed by atoms with Crippen molar-refractivity contribution in [1.82, 2.24) is 4.98 Å². The van der Waals surface area contributed by atoms with Crippen LogP contribution in [-0.4, -0.2) is 28.7 Å². The Morgan fingerprint density at radius 2 is 1.96 bits per heavy atom. The van der Waals surface area contributed by atoms with Crippen molar-refractivity contribution in [2.75, 3.05) is 23.7 Å². The maximum Gasteiger partial charge on any atom is 0.190 e. The number of aromatic hydroxyl groups is 1. The second kappa shape index (κ2) is 6.30. The molecule has 0 radical (unpaired) electrons. The van der Waals surface area contributed by atoms with Crippen LogP contribution < -0.4 is 9.62 Å². The van der Waals surface area contributed by atoms with Gasteiger partial charge in [0.2, 0.25) is 0 Å². The highest BCUT2D eigenvalue weighted by Crippen LogP contribution is 2.34. The van der Waals surface area contributed by atoms with E-state index in [1.165, 1.54) is 42.6 Å². The normalized spacial score (nSPS) is 13.4. The van der Waals surface area contributed by atoms with Crippen molar-refractivity contribution in [2.24, 2.45) is 0 Å². The molecule has 1 unspecified atom stereocenters. The van der Waals surface area contributed by atoms with Crippen molar-refractivity contribution >= 4 is 32.7 Å². The van der Waals surface area contributed by atoms with Gasteiger partial charge in [0.25, 0.3) is 0 Å². The first-order chi connectivity index (χ1) is 11.8. The summed E-state index contributed by atoms with van der Waals surface area (Å²) in [5.74, 6) is -0.814. The lowest BCUT2D eigenvalue weighted by Gasteiger charge is -2.19. The molecule has 0 aliphatic heterocycles. The minimum Gasteiger partial charge on any atom is -0.588 e. The molecule has 0 aliphatic carbocycles. The molecule has 0 bridgehead atoms. The fourth-order valence-corrected chi connectivity index (χ4v) is 3.65. The standard InChI is InChI=1S/C17H16FN3O3S/c1-21(2)11-9-12-16(8-7-15(22)17(12)19-10-11)25(23,24)20-14-6-4-3-5-13(14)18/h3-10H,1-2H3,(H2-,20,22,23,24). The summed E-state index contributed by atoms with van der Waals surface area (Å²) in [4.78, 5) is 5.81. The van der Waals surface area contributed by atoms with Crippen LogP contribution in [0.3, 0.4) is 0 Å². The van der Waals surface area contributed by atoms with E-state index in [1.807, 2.05) is 0 Å². The largest absolute Gasteiger partial charge is 0.588 e. The van der Waals surface area contributed by atoms with Gasteiger partial charge in [-0.05, 0) is 30.3 Å². The molecule has 2 aromatic carbocycles. The molecule has 0 spiro atoms. The lowest BCUT2D eigenvalue weighted by atomic mass is 10.2. The minimum atomic E-state index is -4.08. The van der Waals surface area contributed by atoms with Crippen molar-refractivity contribution in [2.45, 2.75) is 4.90 Å². The van der Waals surface area contributed by atoms with E-state index in [9.17, 15) is 18.3 Å². The van der Waals surface area contributed by atoms with Crippen LogP contribution in [0.2, 0.25) is 0 Å². The van der Waals surface area contributed by atoms with Crippen LogP contribution in [0.15, 0.2) is 53.6 Å². The summed E-state index contributed by atoms with van der Waals surface area (Å²) in [6, 6.07) is 9.62. The van der Waals surface area contributed by atoms with Crippen LogP contribution >= 0.6 is 0 Å². The third-order valence-electron chi connectivity index (χ3n) is 3.70. The Balaban J connectivity index is 2.16. The van der Waals surface area contributed by atoms with Crippen LogP contribution in [0, 0.1) is 5.82 Å². The number of phenols is 1. The van der Waals surface area contributed by atoms with Gasteiger partial charge in [0.05, 0.1) is 17.3 Å². The molecular weight excluding hydrogens is 345 g/mol. The van der Waals surface area contributed by atoms with Crippen LogP contribution in [0.1, 0.15) is 0 Å². The Labute approximate surface area is 145 Å². The molecule has 0 saturated heterocycles. The van der Waals surface area contributed by atoms with E-state index in [-0.39, 0.29) is 27.2 Å². The maximum atomic E-state index is 13.8. The summed E-state index contributed by atoms with van der Waals surface area (Å²) in [6.45, 7) is 0. The van der Waals surface area contributed by atoms with E-state index >= 15 is 0 Å². The van der Waals surface area contributed by atoms with Gasteiger partial charge in [-0.1, -0.05) is 16.3 Å². The van der Waals surface area contributed by atoms with Crippen molar-refractivity contribution < 1.29 is 18.3 Å². The van der Waals surface area contributed by atoms with Gasteiger partial charge < -0.3 is 14.6 Å². The lowest BCUT2D eigenvalue weighted by molar-refractivity contribution is 0.478. The molecule has 1 atom stereocenters. The Morgan fingerprint density at radius 3 is 2.64 bits per heavy atom. The monoisotopic (exact) mass is 361 g/mol. The number of nitrogens with zero attached hydrogens (tertiary/aromatic N) is 2. The number of nitrogens with one attached hydrogen (secondary N) is 1. The topological polar surface area (TPSA) is 88.5 Å². The summed E-state index contributed by atoms with van der Waals surface area (Å²) in [6.07, 6.45) is 1.53. The summed E-state index contributed by atoms with van der Waals surface area (Å²) >= 11 is 0. The van der Waals surface area contributed by atoms with Gasteiger partial charge in [0.1, 0.15) is 17.0 Å². The number of rotatable bonds is 4. The molecule has 1 aromatic heterocycles. The lowest BCUT2D eigenvalue weighted by Crippen LogP contribution is -2.22. The molecule has 0 saturated carbocycles. The fraction of sp³-hybridized carbons (Fsp3) is 0.118. The molecule has 0 fully saturated rings. The number of halogens is 1. The van der Waals surface area contributed by atoms with Gasteiger partial charge in [0.15, 0.2) is 21.1 Å². The summed E-state index contributed by atoms with van der Waals surface area (Å²) in [5.41, 5.74) is 0.669. The molecule has 0 amide bonds. The molecule has 2 N–H and O–H groups in total. The summed E-state index contributed by atoms with van der Waals surface area (Å²) in [7, 11) is -0.503. The van der Waals surface area contributed by atoms with Crippen LogP contribution in [-0.2, 0) is 14.6 Å². The Kier molecular flexibility index (Phi) is 4.32. The minimum absolute atomic E-state index is 0.0975. The molecular formula is C17H16FN3O3S. The summed E-state index contributed by atoms with van der Waals surface area (Å²) < 4.78 is 41.6. The van der Waals surface area contributed by atoms with E-state index in [4.69, 9.17) is 0 Å². The zero-order valence-electron chi connectivity index (χ0n) is 13.6. The molecule has 1 heterocycles. The van der Waals surface area contributed by atoms with E-state index < -0.39 is 16.2 Å². The maximum absolute atomic E-state index is 13.8. The van der Waals surface area contributed by atoms with Crippen LogP contribution in [0.25, 0.3) is 10.9 Å². The van der Waals surface area contributed by atoms with Gasteiger partial charge in [-0.15, -0.1) is 0 Å². The number of hydrogen-bond donors (Lipinski definition) is 2. The fourth-order valence-electron chi connectivity index (χ4n) is 2.39. The number of phenolic OH excluding ortho intramolecular Hbond substituents is 1. The Bertz CT molecular complexity index is 994. The smallest absolute Gasteiger partial charge is 0.190 e. The van der Waals surface area contributed by atoms with Crippen molar-refractivity contribution in [1.29, 1.82) is 0 Å². The number of hydrogen-bond acceptors (Lipinski definition) is 5. The third-order valence-corrected chi connectivity index (χ3v) is 5.12. The average molecular weight is 361 g/mol. The Morgan fingerprint density at radius 1 is 1.24 bits per heavy atom. The first kappa shape index (κ1) is 17.1. The van der Waals surface area contributed by atoms with E-state index in [0.29, 0.717) is 5.69 Å². The second-order valence-corrected chi connectivity index (χ2v) is 7.30. The van der Waals surface area contributed by atoms with Gasteiger partial charge in [-0.25, -0.2) is 9.37 Å². The number of fused-ring (bicyclic) bond motifs is 1. The highest BCUT2D eigenvalue weighted by atomic mass is 32.3. The molecule has 25 heavy (non-hydrogen) atoms. The predicted octanol–water partition coefficient (Wildman–Crippen LogP) is 3.16. The highest BCUT2D eigenvalue weighted by molar-refractivity contribution is 7.99. The number of benzene rings is 2. The molecule has 3 aromatic rings. The number of aromatic nitrogens is 1. The van der Waals surface area contributed by atoms with Gasteiger partial charge in [-0.2, -0.15) is 4.72 Å².